The van der Waals surface area contributed by atoms with Gasteiger partial charge in [0.25, 0.3) is 5.91 Å². The number of carbonyl (C=O) groups is 1. The van der Waals surface area contributed by atoms with Crippen molar-refractivity contribution in [1.82, 2.24) is 5.16 Å². The van der Waals surface area contributed by atoms with Crippen LogP contribution in [0, 0.1) is 6.92 Å². The predicted molar refractivity (Wildman–Crippen MR) is 132 cm³/mol. The summed E-state index contributed by atoms with van der Waals surface area (Å²) >= 11 is 0. The van der Waals surface area contributed by atoms with E-state index in [0.29, 0.717) is 34.9 Å². The van der Waals surface area contributed by atoms with Gasteiger partial charge in [-0.25, -0.2) is 0 Å². The molecule has 0 spiro atoms. The lowest BCUT2D eigenvalue weighted by atomic mass is 9.97. The van der Waals surface area contributed by atoms with Crippen LogP contribution in [0.1, 0.15) is 33.5 Å². The highest BCUT2D eigenvalue weighted by molar-refractivity contribution is 6.12. The fourth-order valence-corrected chi connectivity index (χ4v) is 4.62. The Hall–Kier alpha value is -4.65. The van der Waals surface area contributed by atoms with E-state index in [1.807, 2.05) is 42.5 Å². The number of ether oxygens (including phenoxy) is 1. The van der Waals surface area contributed by atoms with Crippen LogP contribution in [0.2, 0.25) is 0 Å². The standard InChI is InChI=1S/C28H20N2O5/c1-3-14-33-19-11-8-18(9-12-19)24-23-25(31)21-13-10-17-6-4-5-7-20(17)26(21)34-27(23)28(32)30(24)22-15-16(2)35-29-22/h3-13,15,24H,1,14H2,2H3/t24-/m1/s1. The van der Waals surface area contributed by atoms with Gasteiger partial charge in [0, 0.05) is 11.5 Å². The quantitative estimate of drug-likeness (QED) is 0.250. The third-order valence-corrected chi connectivity index (χ3v) is 6.19. The molecule has 0 unspecified atom stereocenters. The van der Waals surface area contributed by atoms with Crippen molar-refractivity contribution < 1.29 is 18.5 Å². The van der Waals surface area contributed by atoms with E-state index in [4.69, 9.17) is 13.7 Å². The first kappa shape index (κ1) is 20.9. The van der Waals surface area contributed by atoms with E-state index < -0.39 is 11.9 Å². The molecule has 1 aliphatic heterocycles. The van der Waals surface area contributed by atoms with Gasteiger partial charge in [0.2, 0.25) is 5.76 Å². The van der Waals surface area contributed by atoms with Gasteiger partial charge in [0.05, 0.1) is 17.0 Å². The molecule has 0 radical (unpaired) electrons. The summed E-state index contributed by atoms with van der Waals surface area (Å²) in [4.78, 5) is 29.0. The molecule has 3 heterocycles. The first-order valence-electron chi connectivity index (χ1n) is 11.2. The molecule has 0 aliphatic carbocycles. The summed E-state index contributed by atoms with van der Waals surface area (Å²) in [6.45, 7) is 5.78. The molecule has 0 N–H and O–H groups in total. The molecule has 3 aromatic carbocycles. The fraction of sp³-hybridized carbons (Fsp3) is 0.107. The van der Waals surface area contributed by atoms with Gasteiger partial charge in [-0.15, -0.1) is 0 Å². The van der Waals surface area contributed by atoms with Gasteiger partial charge in [-0.05, 0) is 36.1 Å². The molecule has 1 atom stereocenters. The van der Waals surface area contributed by atoms with Crippen LogP contribution in [-0.2, 0) is 0 Å². The van der Waals surface area contributed by atoms with E-state index in [2.05, 4.69) is 11.7 Å². The summed E-state index contributed by atoms with van der Waals surface area (Å²) in [6.07, 6.45) is 1.66. The molecule has 1 amide bonds. The number of fused-ring (bicyclic) bond motifs is 4. The number of amides is 1. The lowest BCUT2D eigenvalue weighted by Gasteiger charge is -2.22. The minimum Gasteiger partial charge on any atom is -0.490 e. The smallest absolute Gasteiger partial charge is 0.296 e. The topological polar surface area (TPSA) is 85.8 Å². The van der Waals surface area contributed by atoms with Crippen LogP contribution in [0.3, 0.4) is 0 Å². The molecule has 7 nitrogen and oxygen atoms in total. The zero-order chi connectivity index (χ0) is 24.1. The molecule has 35 heavy (non-hydrogen) atoms. The number of carbonyl (C=O) groups excluding carboxylic acids is 1. The molecule has 0 bridgehead atoms. The average molecular weight is 464 g/mol. The Morgan fingerprint density at radius 3 is 2.60 bits per heavy atom. The Kier molecular flexibility index (Phi) is 4.77. The number of aromatic nitrogens is 1. The van der Waals surface area contributed by atoms with Gasteiger partial charge in [-0.2, -0.15) is 0 Å². The maximum absolute atomic E-state index is 13.9. The number of aryl methyl sites for hydroxylation is 1. The Labute approximate surface area is 199 Å². The van der Waals surface area contributed by atoms with Crippen molar-refractivity contribution >= 4 is 33.5 Å². The van der Waals surface area contributed by atoms with Crippen LogP contribution in [0.4, 0.5) is 5.82 Å². The molecule has 1 aliphatic rings. The van der Waals surface area contributed by atoms with Crippen molar-refractivity contribution in [2.75, 3.05) is 11.5 Å². The second-order valence-electron chi connectivity index (χ2n) is 8.38. The molecule has 6 rings (SSSR count). The van der Waals surface area contributed by atoms with Crippen LogP contribution in [0.5, 0.6) is 5.75 Å². The van der Waals surface area contributed by atoms with Crippen LogP contribution in [0.15, 0.2) is 93.1 Å². The van der Waals surface area contributed by atoms with E-state index in [9.17, 15) is 9.59 Å². The molecule has 0 fully saturated rings. The molecule has 172 valence electrons. The normalized spacial score (nSPS) is 15.1. The first-order chi connectivity index (χ1) is 17.1. The summed E-state index contributed by atoms with van der Waals surface area (Å²) in [5.74, 6) is 1.07. The monoisotopic (exact) mass is 464 g/mol. The lowest BCUT2D eigenvalue weighted by Crippen LogP contribution is -2.29. The summed E-state index contributed by atoms with van der Waals surface area (Å²) in [5, 5.41) is 6.18. The minimum absolute atomic E-state index is 0.0106. The van der Waals surface area contributed by atoms with E-state index in [0.717, 1.165) is 16.3 Å². The van der Waals surface area contributed by atoms with Gasteiger partial charge in [-0.3, -0.25) is 14.5 Å². The number of nitrogens with zero attached hydrogens (tertiary/aromatic N) is 2. The second kappa shape index (κ2) is 7.99. The highest BCUT2D eigenvalue weighted by atomic mass is 16.5. The summed E-state index contributed by atoms with van der Waals surface area (Å²) < 4.78 is 17.1. The van der Waals surface area contributed by atoms with Crippen molar-refractivity contribution in [3.05, 3.63) is 112 Å². The van der Waals surface area contributed by atoms with Gasteiger partial charge in [0.1, 0.15) is 23.7 Å². The zero-order valence-corrected chi connectivity index (χ0v) is 18.9. The van der Waals surface area contributed by atoms with Gasteiger partial charge in [-0.1, -0.05) is 60.3 Å². The molecule has 7 heteroatoms. The van der Waals surface area contributed by atoms with Gasteiger partial charge >= 0.3 is 0 Å². The molecule has 0 saturated carbocycles. The van der Waals surface area contributed by atoms with Crippen molar-refractivity contribution in [3.63, 3.8) is 0 Å². The number of hydrogen-bond acceptors (Lipinski definition) is 6. The Morgan fingerprint density at radius 1 is 1.06 bits per heavy atom. The SMILES string of the molecule is C=CCOc1ccc([C@@H]2c3c(oc4c(ccc5ccccc54)c3=O)C(=O)N2c2cc(C)on2)cc1. The van der Waals surface area contributed by atoms with Crippen LogP contribution < -0.4 is 15.1 Å². The Morgan fingerprint density at radius 2 is 1.86 bits per heavy atom. The number of anilines is 1. The molecule has 0 saturated heterocycles. The molecular formula is C28H20N2O5. The van der Waals surface area contributed by atoms with E-state index in [1.165, 1.54) is 4.90 Å². The fourth-order valence-electron chi connectivity index (χ4n) is 4.62. The van der Waals surface area contributed by atoms with Crippen molar-refractivity contribution in [2.45, 2.75) is 13.0 Å². The van der Waals surface area contributed by atoms with Crippen LogP contribution in [-0.4, -0.2) is 17.7 Å². The largest absolute Gasteiger partial charge is 0.490 e. The maximum Gasteiger partial charge on any atom is 0.296 e. The third kappa shape index (κ3) is 3.24. The maximum atomic E-state index is 13.9. The van der Waals surface area contributed by atoms with E-state index in [1.54, 1.807) is 37.3 Å². The van der Waals surface area contributed by atoms with E-state index >= 15 is 0 Å². The lowest BCUT2D eigenvalue weighted by molar-refractivity contribution is 0.0969. The minimum atomic E-state index is -0.734. The summed E-state index contributed by atoms with van der Waals surface area (Å²) in [6, 6.07) is 19.4. The number of benzene rings is 3. The van der Waals surface area contributed by atoms with Crippen LogP contribution in [0.25, 0.3) is 21.7 Å². The van der Waals surface area contributed by atoms with Gasteiger partial charge < -0.3 is 13.7 Å². The predicted octanol–water partition coefficient (Wildman–Crippen LogP) is 5.56. The Bertz CT molecular complexity index is 1680. The van der Waals surface area contributed by atoms with E-state index in [-0.39, 0.29) is 16.8 Å². The highest BCUT2D eigenvalue weighted by Gasteiger charge is 2.45. The number of hydrogen-bond donors (Lipinski definition) is 0. The van der Waals surface area contributed by atoms with Gasteiger partial charge in [0.15, 0.2) is 11.2 Å². The van der Waals surface area contributed by atoms with Crippen molar-refractivity contribution in [3.8, 4) is 5.75 Å². The summed E-state index contributed by atoms with van der Waals surface area (Å²) in [7, 11) is 0. The number of rotatable bonds is 5. The molecule has 5 aromatic rings. The Balaban J connectivity index is 1.60. The average Bonchev–Trinajstić information content (AvgIpc) is 3.43. The molecule has 2 aromatic heterocycles. The van der Waals surface area contributed by atoms with Crippen molar-refractivity contribution in [1.29, 1.82) is 0 Å². The van der Waals surface area contributed by atoms with Crippen molar-refractivity contribution in [2.24, 2.45) is 0 Å². The second-order valence-corrected chi connectivity index (χ2v) is 8.38. The third-order valence-electron chi connectivity index (χ3n) is 6.19. The summed E-state index contributed by atoms with van der Waals surface area (Å²) in [5.41, 5.74) is 1.14. The first-order valence-corrected chi connectivity index (χ1v) is 11.2. The zero-order valence-electron chi connectivity index (χ0n) is 18.9. The molecular weight excluding hydrogens is 444 g/mol. The highest BCUT2D eigenvalue weighted by Crippen LogP contribution is 2.42. The van der Waals surface area contributed by atoms with Crippen LogP contribution >= 0.6 is 0 Å².